The standard InChI is InChI=1S/C13H18N4/c14-7-12-9-15-10-13(17-12)16-8-11-5-3-1-2-4-6-11/h9-11H,1-6,8H2,(H,16,17). The number of hydrogen-bond acceptors (Lipinski definition) is 4. The summed E-state index contributed by atoms with van der Waals surface area (Å²) in [5.41, 5.74) is 0.371. The molecule has 90 valence electrons. The van der Waals surface area contributed by atoms with Crippen LogP contribution in [-0.4, -0.2) is 16.5 Å². The molecule has 0 bridgehead atoms. The van der Waals surface area contributed by atoms with Crippen molar-refractivity contribution in [2.45, 2.75) is 38.5 Å². The van der Waals surface area contributed by atoms with Crippen LogP contribution in [0.2, 0.25) is 0 Å². The minimum atomic E-state index is 0.371. The first-order valence-corrected chi connectivity index (χ1v) is 6.34. The van der Waals surface area contributed by atoms with Crippen LogP contribution in [0.25, 0.3) is 0 Å². The highest BCUT2D eigenvalue weighted by atomic mass is 15.0. The molecule has 1 fully saturated rings. The number of anilines is 1. The second kappa shape index (κ2) is 6.19. The molecule has 1 heterocycles. The largest absolute Gasteiger partial charge is 0.368 e. The van der Waals surface area contributed by atoms with E-state index in [2.05, 4.69) is 15.3 Å². The van der Waals surface area contributed by atoms with E-state index in [-0.39, 0.29) is 0 Å². The van der Waals surface area contributed by atoms with Crippen molar-refractivity contribution in [2.75, 3.05) is 11.9 Å². The molecule has 1 aromatic rings. The number of nitrogens with zero attached hydrogens (tertiary/aromatic N) is 3. The predicted octanol–water partition coefficient (Wildman–Crippen LogP) is 2.73. The number of rotatable bonds is 3. The Morgan fingerprint density at radius 1 is 1.24 bits per heavy atom. The van der Waals surface area contributed by atoms with Crippen molar-refractivity contribution in [3.8, 4) is 6.07 Å². The Hall–Kier alpha value is -1.63. The lowest BCUT2D eigenvalue weighted by atomic mass is 10.0. The maximum Gasteiger partial charge on any atom is 0.161 e. The van der Waals surface area contributed by atoms with Gasteiger partial charge in [-0.15, -0.1) is 0 Å². The van der Waals surface area contributed by atoms with E-state index in [0.29, 0.717) is 11.5 Å². The lowest BCUT2D eigenvalue weighted by Crippen LogP contribution is -2.14. The van der Waals surface area contributed by atoms with Crippen LogP contribution < -0.4 is 5.32 Å². The smallest absolute Gasteiger partial charge is 0.161 e. The van der Waals surface area contributed by atoms with Gasteiger partial charge in [0.15, 0.2) is 5.69 Å². The van der Waals surface area contributed by atoms with E-state index in [1.54, 1.807) is 6.20 Å². The van der Waals surface area contributed by atoms with E-state index in [1.807, 2.05) is 6.07 Å². The van der Waals surface area contributed by atoms with Gasteiger partial charge in [-0.3, -0.25) is 4.98 Å². The van der Waals surface area contributed by atoms with Crippen LogP contribution in [0.4, 0.5) is 5.82 Å². The van der Waals surface area contributed by atoms with E-state index < -0.39 is 0 Å². The third-order valence-corrected chi connectivity index (χ3v) is 3.30. The van der Waals surface area contributed by atoms with Gasteiger partial charge in [0.25, 0.3) is 0 Å². The fraction of sp³-hybridized carbons (Fsp3) is 0.615. The molecule has 2 rings (SSSR count). The zero-order valence-corrected chi connectivity index (χ0v) is 10.0. The molecule has 0 atom stereocenters. The molecule has 1 saturated carbocycles. The van der Waals surface area contributed by atoms with Crippen LogP contribution in [0, 0.1) is 17.2 Å². The molecule has 1 aromatic heterocycles. The molecule has 4 nitrogen and oxygen atoms in total. The van der Waals surface area contributed by atoms with Crippen LogP contribution in [0.3, 0.4) is 0 Å². The summed E-state index contributed by atoms with van der Waals surface area (Å²) in [4.78, 5) is 8.15. The van der Waals surface area contributed by atoms with Crippen LogP contribution in [0.1, 0.15) is 44.2 Å². The fourth-order valence-corrected chi connectivity index (χ4v) is 2.32. The van der Waals surface area contributed by atoms with Gasteiger partial charge in [-0.05, 0) is 18.8 Å². The number of aromatic nitrogens is 2. The molecule has 0 aliphatic heterocycles. The van der Waals surface area contributed by atoms with Crippen molar-refractivity contribution in [1.29, 1.82) is 5.26 Å². The molecule has 0 aromatic carbocycles. The van der Waals surface area contributed by atoms with Crippen molar-refractivity contribution in [2.24, 2.45) is 5.92 Å². The van der Waals surface area contributed by atoms with Gasteiger partial charge in [-0.25, -0.2) is 4.98 Å². The molecule has 0 unspecified atom stereocenters. The summed E-state index contributed by atoms with van der Waals surface area (Å²) < 4.78 is 0. The van der Waals surface area contributed by atoms with Gasteiger partial charge in [0.2, 0.25) is 0 Å². The highest BCUT2D eigenvalue weighted by molar-refractivity contribution is 5.34. The number of nitrogens with one attached hydrogen (secondary N) is 1. The summed E-state index contributed by atoms with van der Waals surface area (Å²) in [6, 6.07) is 2.00. The van der Waals surface area contributed by atoms with E-state index in [1.165, 1.54) is 44.7 Å². The first-order valence-electron chi connectivity index (χ1n) is 6.34. The summed E-state index contributed by atoms with van der Waals surface area (Å²) in [5.74, 6) is 1.46. The van der Waals surface area contributed by atoms with E-state index in [4.69, 9.17) is 5.26 Å². The van der Waals surface area contributed by atoms with Gasteiger partial charge in [0.05, 0.1) is 12.4 Å². The molecule has 0 amide bonds. The molecule has 0 spiro atoms. The molecule has 0 saturated heterocycles. The molecule has 1 aliphatic carbocycles. The average molecular weight is 230 g/mol. The van der Waals surface area contributed by atoms with Crippen molar-refractivity contribution in [3.05, 3.63) is 18.1 Å². The molecule has 4 heteroatoms. The van der Waals surface area contributed by atoms with Gasteiger partial charge in [-0.2, -0.15) is 5.26 Å². The number of nitriles is 1. The van der Waals surface area contributed by atoms with Crippen LogP contribution in [-0.2, 0) is 0 Å². The molecule has 17 heavy (non-hydrogen) atoms. The minimum Gasteiger partial charge on any atom is -0.368 e. The van der Waals surface area contributed by atoms with Gasteiger partial charge in [-0.1, -0.05) is 25.7 Å². The quantitative estimate of drug-likeness (QED) is 0.811. The zero-order chi connectivity index (χ0) is 11.9. The topological polar surface area (TPSA) is 61.6 Å². The second-order valence-corrected chi connectivity index (χ2v) is 4.64. The monoisotopic (exact) mass is 230 g/mol. The fourth-order valence-electron chi connectivity index (χ4n) is 2.32. The summed E-state index contributed by atoms with van der Waals surface area (Å²) in [6.07, 6.45) is 11.2. The minimum absolute atomic E-state index is 0.371. The highest BCUT2D eigenvalue weighted by Gasteiger charge is 2.12. The molecule has 1 aliphatic rings. The first kappa shape index (κ1) is 11.8. The summed E-state index contributed by atoms with van der Waals surface area (Å²) in [5, 5.41) is 12.0. The maximum atomic E-state index is 8.74. The first-order chi connectivity index (χ1) is 8.38. The Morgan fingerprint density at radius 3 is 2.71 bits per heavy atom. The Morgan fingerprint density at radius 2 is 2.00 bits per heavy atom. The van der Waals surface area contributed by atoms with Gasteiger partial charge in [0, 0.05) is 6.54 Å². The third kappa shape index (κ3) is 3.70. The van der Waals surface area contributed by atoms with E-state index in [0.717, 1.165) is 12.5 Å². The zero-order valence-electron chi connectivity index (χ0n) is 10.0. The number of hydrogen-bond donors (Lipinski definition) is 1. The Balaban J connectivity index is 1.86. The van der Waals surface area contributed by atoms with Crippen LogP contribution >= 0.6 is 0 Å². The summed E-state index contributed by atoms with van der Waals surface area (Å²) in [7, 11) is 0. The molecular formula is C13H18N4. The molecular weight excluding hydrogens is 212 g/mol. The van der Waals surface area contributed by atoms with Crippen molar-refractivity contribution in [1.82, 2.24) is 9.97 Å². The predicted molar refractivity (Wildman–Crippen MR) is 66.4 cm³/mol. The van der Waals surface area contributed by atoms with E-state index in [9.17, 15) is 0 Å². The summed E-state index contributed by atoms with van der Waals surface area (Å²) >= 11 is 0. The van der Waals surface area contributed by atoms with Crippen molar-refractivity contribution < 1.29 is 0 Å². The Kier molecular flexibility index (Phi) is 4.31. The van der Waals surface area contributed by atoms with Crippen molar-refractivity contribution in [3.63, 3.8) is 0 Å². The summed E-state index contributed by atoms with van der Waals surface area (Å²) in [6.45, 7) is 0.948. The second-order valence-electron chi connectivity index (χ2n) is 4.64. The SMILES string of the molecule is N#Cc1cncc(NCC2CCCCCC2)n1. The lowest BCUT2D eigenvalue weighted by molar-refractivity contribution is 0.483. The molecule has 1 N–H and O–H groups in total. The van der Waals surface area contributed by atoms with Gasteiger partial charge >= 0.3 is 0 Å². The third-order valence-electron chi connectivity index (χ3n) is 3.30. The van der Waals surface area contributed by atoms with Crippen LogP contribution in [0.15, 0.2) is 12.4 Å². The molecule has 0 radical (unpaired) electrons. The lowest BCUT2D eigenvalue weighted by Gasteiger charge is -2.14. The van der Waals surface area contributed by atoms with E-state index >= 15 is 0 Å². The highest BCUT2D eigenvalue weighted by Crippen LogP contribution is 2.22. The Bertz CT molecular complexity index is 389. The van der Waals surface area contributed by atoms with Gasteiger partial charge in [0.1, 0.15) is 11.9 Å². The van der Waals surface area contributed by atoms with Crippen LogP contribution in [0.5, 0.6) is 0 Å². The normalized spacial score (nSPS) is 17.1. The van der Waals surface area contributed by atoms with Crippen molar-refractivity contribution >= 4 is 5.82 Å². The average Bonchev–Trinajstić information content (AvgIpc) is 2.65. The van der Waals surface area contributed by atoms with Gasteiger partial charge < -0.3 is 5.32 Å². The Labute approximate surface area is 102 Å². The maximum absolute atomic E-state index is 8.74.